The number of benzene rings is 1. The van der Waals surface area contributed by atoms with Crippen LogP contribution in [0.25, 0.3) is 0 Å². The fraction of sp³-hybridized carbons (Fsp3) is 0.588. The van der Waals surface area contributed by atoms with Crippen LogP contribution < -0.4 is 4.72 Å². The lowest BCUT2D eigenvalue weighted by atomic mass is 10.0. The van der Waals surface area contributed by atoms with Crippen molar-refractivity contribution in [3.63, 3.8) is 0 Å². The Morgan fingerprint density at radius 2 is 1.90 bits per heavy atom. The molecular formula is C17H26ClN3O6S2. The van der Waals surface area contributed by atoms with Crippen LogP contribution in [0.4, 0.5) is 0 Å². The monoisotopic (exact) mass is 467 g/mol. The molecule has 0 bridgehead atoms. The Balaban J connectivity index is 2.12. The minimum atomic E-state index is -4.01. The van der Waals surface area contributed by atoms with Crippen LogP contribution in [0.2, 0.25) is 5.02 Å². The maximum Gasteiger partial charge on any atom is 0.266 e. The molecule has 0 unspecified atom stereocenters. The fourth-order valence-electron chi connectivity index (χ4n) is 3.04. The molecule has 12 heteroatoms. The number of hydroxylamine groups is 1. The van der Waals surface area contributed by atoms with Gasteiger partial charge in [-0.25, -0.2) is 21.6 Å². The number of hydrogen-bond acceptors (Lipinski definition) is 6. The molecule has 0 radical (unpaired) electrons. The van der Waals surface area contributed by atoms with Crippen LogP contribution in [0, 0.1) is 0 Å². The third kappa shape index (κ3) is 5.89. The molecule has 1 heterocycles. The van der Waals surface area contributed by atoms with Crippen LogP contribution >= 0.6 is 11.6 Å². The van der Waals surface area contributed by atoms with Crippen molar-refractivity contribution in [2.45, 2.75) is 37.1 Å². The largest absolute Gasteiger partial charge is 0.339 e. The summed E-state index contributed by atoms with van der Waals surface area (Å²) in [7, 11) is -4.88. The Bertz CT molecular complexity index is 944. The van der Waals surface area contributed by atoms with E-state index < -0.39 is 20.0 Å². The summed E-state index contributed by atoms with van der Waals surface area (Å²) in [4.78, 5) is 18.9. The highest BCUT2D eigenvalue weighted by atomic mass is 35.5. The first-order chi connectivity index (χ1) is 13.5. The summed E-state index contributed by atoms with van der Waals surface area (Å²) in [6, 6.07) is 3.83. The number of rotatable bonds is 8. The highest BCUT2D eigenvalue weighted by Gasteiger charge is 2.29. The number of likely N-dealkylation sites (tertiary alicyclic amines) is 1. The van der Waals surface area contributed by atoms with Gasteiger partial charge in [0.05, 0.1) is 17.9 Å². The lowest BCUT2D eigenvalue weighted by molar-refractivity contribution is -0.0258. The van der Waals surface area contributed by atoms with Gasteiger partial charge in [0.2, 0.25) is 10.0 Å². The zero-order valence-electron chi connectivity index (χ0n) is 16.6. The van der Waals surface area contributed by atoms with Gasteiger partial charge in [-0.05, 0) is 37.5 Å². The normalized spacial score (nSPS) is 16.4. The SMILES string of the molecule is CCCS(=O)(=O)NC1CCN(C(=O)c2ccc(Cl)c(S(=O)(=O)N(C)OC)c2)CC1. The van der Waals surface area contributed by atoms with Crippen LogP contribution in [0.1, 0.15) is 36.5 Å². The van der Waals surface area contributed by atoms with E-state index in [0.29, 0.717) is 36.8 Å². The third-order valence-corrected chi connectivity index (χ3v) is 8.45. The van der Waals surface area contributed by atoms with Gasteiger partial charge in [-0.3, -0.25) is 9.63 Å². The lowest BCUT2D eigenvalue weighted by Crippen LogP contribution is -2.47. The molecule has 1 N–H and O–H groups in total. The topological polar surface area (TPSA) is 113 Å². The Hall–Kier alpha value is -1.24. The van der Waals surface area contributed by atoms with Gasteiger partial charge >= 0.3 is 0 Å². The van der Waals surface area contributed by atoms with Crippen molar-refractivity contribution in [1.29, 1.82) is 0 Å². The van der Waals surface area contributed by atoms with Crippen LogP contribution in [0.15, 0.2) is 23.1 Å². The second-order valence-corrected chi connectivity index (χ2v) is 10.9. The Morgan fingerprint density at radius 3 is 2.45 bits per heavy atom. The molecule has 9 nitrogen and oxygen atoms in total. The second-order valence-electron chi connectivity index (χ2n) is 6.75. The minimum Gasteiger partial charge on any atom is -0.339 e. The molecule has 0 aromatic heterocycles. The van der Waals surface area contributed by atoms with E-state index in [9.17, 15) is 21.6 Å². The van der Waals surface area contributed by atoms with Gasteiger partial charge in [0.15, 0.2) is 0 Å². The number of carbonyl (C=O) groups is 1. The Morgan fingerprint density at radius 1 is 1.28 bits per heavy atom. The zero-order valence-corrected chi connectivity index (χ0v) is 19.0. The molecule has 0 saturated carbocycles. The summed E-state index contributed by atoms with van der Waals surface area (Å²) in [5.41, 5.74) is 0.183. The van der Waals surface area contributed by atoms with Crippen molar-refractivity contribution in [2.75, 3.05) is 33.0 Å². The van der Waals surface area contributed by atoms with E-state index in [1.54, 1.807) is 11.8 Å². The van der Waals surface area contributed by atoms with Gasteiger partial charge in [-0.1, -0.05) is 23.0 Å². The molecule has 1 aliphatic heterocycles. The van der Waals surface area contributed by atoms with Crippen molar-refractivity contribution in [3.8, 4) is 0 Å². The van der Waals surface area contributed by atoms with E-state index >= 15 is 0 Å². The summed E-state index contributed by atoms with van der Waals surface area (Å²) < 4.78 is 52.1. The molecule has 29 heavy (non-hydrogen) atoms. The van der Waals surface area contributed by atoms with Crippen LogP contribution in [0.5, 0.6) is 0 Å². The summed E-state index contributed by atoms with van der Waals surface area (Å²) in [6.07, 6.45) is 1.51. The molecule has 0 spiro atoms. The van der Waals surface area contributed by atoms with E-state index in [2.05, 4.69) is 4.72 Å². The number of piperidine rings is 1. The first-order valence-corrected chi connectivity index (χ1v) is 12.6. The van der Waals surface area contributed by atoms with Crippen LogP contribution in [-0.4, -0.2) is 71.2 Å². The molecule has 1 amide bonds. The predicted molar refractivity (Wildman–Crippen MR) is 110 cm³/mol. The summed E-state index contributed by atoms with van der Waals surface area (Å²) in [6.45, 7) is 2.52. The highest BCUT2D eigenvalue weighted by molar-refractivity contribution is 7.89. The van der Waals surface area contributed by atoms with E-state index in [-0.39, 0.29) is 33.2 Å². The van der Waals surface area contributed by atoms with Crippen LogP contribution in [0.3, 0.4) is 0 Å². The van der Waals surface area contributed by atoms with Crippen molar-refractivity contribution < 1.29 is 26.5 Å². The average Bonchev–Trinajstić information content (AvgIpc) is 2.67. The summed E-state index contributed by atoms with van der Waals surface area (Å²) in [5.74, 6) is -0.266. The molecule has 1 aromatic carbocycles. The number of halogens is 1. The number of hydrogen-bond donors (Lipinski definition) is 1. The molecule has 1 aromatic rings. The van der Waals surface area contributed by atoms with E-state index in [1.165, 1.54) is 32.4 Å². The number of carbonyl (C=O) groups excluding carboxylic acids is 1. The molecule has 0 aliphatic carbocycles. The van der Waals surface area contributed by atoms with Crippen LogP contribution in [-0.2, 0) is 24.9 Å². The number of nitrogens with one attached hydrogen (secondary N) is 1. The Labute approximate surface area is 177 Å². The first-order valence-electron chi connectivity index (χ1n) is 9.13. The smallest absolute Gasteiger partial charge is 0.266 e. The molecule has 1 aliphatic rings. The number of amides is 1. The van der Waals surface area contributed by atoms with Gasteiger partial charge in [0, 0.05) is 31.7 Å². The van der Waals surface area contributed by atoms with E-state index in [0.717, 1.165) is 0 Å². The molecular weight excluding hydrogens is 442 g/mol. The van der Waals surface area contributed by atoms with Crippen molar-refractivity contribution >= 4 is 37.6 Å². The van der Waals surface area contributed by atoms with Crippen molar-refractivity contribution in [2.24, 2.45) is 0 Å². The molecule has 0 atom stereocenters. The van der Waals surface area contributed by atoms with Gasteiger partial charge < -0.3 is 4.90 Å². The maximum absolute atomic E-state index is 12.8. The zero-order chi connectivity index (χ0) is 21.8. The Kier molecular flexibility index (Phi) is 8.05. The molecule has 1 saturated heterocycles. The quantitative estimate of drug-likeness (QED) is 0.579. The summed E-state index contributed by atoms with van der Waals surface area (Å²) >= 11 is 6.03. The maximum atomic E-state index is 12.8. The number of sulfonamides is 2. The van der Waals surface area contributed by atoms with Gasteiger partial charge in [-0.15, -0.1) is 0 Å². The molecule has 2 rings (SSSR count). The van der Waals surface area contributed by atoms with Crippen molar-refractivity contribution in [3.05, 3.63) is 28.8 Å². The van der Waals surface area contributed by atoms with Crippen molar-refractivity contribution in [1.82, 2.24) is 14.1 Å². The molecule has 1 fully saturated rings. The van der Waals surface area contributed by atoms with Gasteiger partial charge in [0.1, 0.15) is 4.90 Å². The minimum absolute atomic E-state index is 0.0190. The fourth-order valence-corrected chi connectivity index (χ4v) is 5.91. The summed E-state index contributed by atoms with van der Waals surface area (Å²) in [5, 5.41) is -0.0190. The second kappa shape index (κ2) is 9.71. The number of nitrogens with zero attached hydrogens (tertiary/aromatic N) is 2. The average molecular weight is 468 g/mol. The standard InChI is InChI=1S/C17H26ClN3O6S2/c1-4-11-28(23,24)19-14-7-9-21(10-8-14)17(22)13-5-6-15(18)16(12-13)29(25,26)20(2)27-3/h5-6,12,14,19H,4,7-11H2,1-3H3. The lowest BCUT2D eigenvalue weighted by Gasteiger charge is -2.32. The molecule has 164 valence electrons. The van der Waals surface area contributed by atoms with Gasteiger partial charge in [0.25, 0.3) is 15.9 Å². The van der Waals surface area contributed by atoms with Gasteiger partial charge in [-0.2, -0.15) is 0 Å². The highest BCUT2D eigenvalue weighted by Crippen LogP contribution is 2.26. The third-order valence-electron chi connectivity index (χ3n) is 4.65. The first kappa shape index (κ1) is 24.0. The predicted octanol–water partition coefficient (Wildman–Crippen LogP) is 1.46. The van der Waals surface area contributed by atoms with E-state index in [4.69, 9.17) is 16.4 Å². The van der Waals surface area contributed by atoms with E-state index in [1.807, 2.05) is 0 Å².